The zero-order valence-electron chi connectivity index (χ0n) is 14.6. The van der Waals surface area contributed by atoms with Gasteiger partial charge in [-0.15, -0.1) is 0 Å². The van der Waals surface area contributed by atoms with Gasteiger partial charge in [0.05, 0.1) is 10.5 Å². The normalized spacial score (nSPS) is 12.9. The Balaban J connectivity index is 1.67. The molecule has 27 heavy (non-hydrogen) atoms. The SMILES string of the molecule is CN(Cc1ccccc1)C(=O)CCN1C(=O)c2cccc([N+](=O)[O-])c2C1=O. The minimum Gasteiger partial charge on any atom is -0.341 e. The number of rotatable bonds is 6. The number of hydrogen-bond donors (Lipinski definition) is 0. The molecule has 1 aliphatic rings. The number of nitrogens with zero attached hydrogens (tertiary/aromatic N) is 3. The van der Waals surface area contributed by atoms with Gasteiger partial charge in [-0.1, -0.05) is 36.4 Å². The van der Waals surface area contributed by atoms with E-state index in [4.69, 9.17) is 0 Å². The maximum absolute atomic E-state index is 12.5. The third-order valence-corrected chi connectivity index (χ3v) is 4.41. The minimum absolute atomic E-state index is 0.000658. The monoisotopic (exact) mass is 367 g/mol. The van der Waals surface area contributed by atoms with Gasteiger partial charge in [-0.2, -0.15) is 0 Å². The molecule has 1 heterocycles. The summed E-state index contributed by atoms with van der Waals surface area (Å²) in [7, 11) is 1.64. The van der Waals surface area contributed by atoms with E-state index in [2.05, 4.69) is 0 Å². The van der Waals surface area contributed by atoms with E-state index in [-0.39, 0.29) is 30.0 Å². The average molecular weight is 367 g/mol. The van der Waals surface area contributed by atoms with E-state index in [0.29, 0.717) is 6.54 Å². The Bertz CT molecular complexity index is 926. The zero-order valence-corrected chi connectivity index (χ0v) is 14.6. The van der Waals surface area contributed by atoms with Gasteiger partial charge in [0.15, 0.2) is 0 Å². The van der Waals surface area contributed by atoms with Crippen molar-refractivity contribution in [3.8, 4) is 0 Å². The fraction of sp³-hybridized carbons (Fsp3) is 0.211. The zero-order chi connectivity index (χ0) is 19.6. The van der Waals surface area contributed by atoms with Crippen molar-refractivity contribution in [2.24, 2.45) is 0 Å². The Morgan fingerprint density at radius 2 is 1.78 bits per heavy atom. The second-order valence-corrected chi connectivity index (χ2v) is 6.20. The molecule has 3 rings (SSSR count). The van der Waals surface area contributed by atoms with E-state index in [9.17, 15) is 24.5 Å². The molecule has 0 bridgehead atoms. The van der Waals surface area contributed by atoms with Crippen LogP contribution in [0.3, 0.4) is 0 Å². The molecular weight excluding hydrogens is 350 g/mol. The molecule has 138 valence electrons. The number of imide groups is 1. The number of carbonyl (C=O) groups is 3. The number of nitro groups is 1. The van der Waals surface area contributed by atoms with E-state index in [0.717, 1.165) is 10.5 Å². The summed E-state index contributed by atoms with van der Waals surface area (Å²) in [4.78, 5) is 50.1. The van der Waals surface area contributed by atoms with Crippen LogP contribution in [0.4, 0.5) is 5.69 Å². The quantitative estimate of drug-likeness (QED) is 0.443. The van der Waals surface area contributed by atoms with Crippen LogP contribution < -0.4 is 0 Å². The highest BCUT2D eigenvalue weighted by Crippen LogP contribution is 2.30. The molecular formula is C19H17N3O5. The molecule has 0 saturated carbocycles. The largest absolute Gasteiger partial charge is 0.341 e. The predicted octanol–water partition coefficient (Wildman–Crippen LogP) is 2.24. The third kappa shape index (κ3) is 3.55. The number of nitro benzene ring substituents is 1. The van der Waals surface area contributed by atoms with Crippen LogP contribution in [0.1, 0.15) is 32.7 Å². The Morgan fingerprint density at radius 3 is 2.44 bits per heavy atom. The lowest BCUT2D eigenvalue weighted by molar-refractivity contribution is -0.385. The van der Waals surface area contributed by atoms with Gasteiger partial charge in [0.25, 0.3) is 17.5 Å². The van der Waals surface area contributed by atoms with Gasteiger partial charge in [-0.3, -0.25) is 29.4 Å². The van der Waals surface area contributed by atoms with Crippen LogP contribution in [-0.4, -0.2) is 46.0 Å². The minimum atomic E-state index is -0.735. The maximum Gasteiger partial charge on any atom is 0.282 e. The fourth-order valence-corrected chi connectivity index (χ4v) is 3.01. The van der Waals surface area contributed by atoms with Crippen LogP contribution in [0.5, 0.6) is 0 Å². The van der Waals surface area contributed by atoms with Crippen molar-refractivity contribution in [1.29, 1.82) is 0 Å². The second kappa shape index (κ2) is 7.36. The van der Waals surface area contributed by atoms with Crippen LogP contribution in [0, 0.1) is 10.1 Å². The highest BCUT2D eigenvalue weighted by atomic mass is 16.6. The summed E-state index contributed by atoms with van der Waals surface area (Å²) in [6.45, 7) is 0.286. The van der Waals surface area contributed by atoms with Gasteiger partial charge in [0, 0.05) is 32.6 Å². The third-order valence-electron chi connectivity index (χ3n) is 4.41. The molecule has 2 aromatic rings. The van der Waals surface area contributed by atoms with Gasteiger partial charge in [0.1, 0.15) is 5.56 Å². The van der Waals surface area contributed by atoms with Crippen molar-refractivity contribution in [2.45, 2.75) is 13.0 Å². The summed E-state index contributed by atoms with van der Waals surface area (Å²) in [5.74, 6) is -1.58. The molecule has 0 unspecified atom stereocenters. The first-order chi connectivity index (χ1) is 12.9. The summed E-state index contributed by atoms with van der Waals surface area (Å²) in [6.07, 6.45) is -0.0530. The fourth-order valence-electron chi connectivity index (χ4n) is 3.01. The summed E-state index contributed by atoms with van der Waals surface area (Å²) >= 11 is 0. The van der Waals surface area contributed by atoms with Gasteiger partial charge in [-0.05, 0) is 11.6 Å². The Labute approximate surface area is 155 Å². The van der Waals surface area contributed by atoms with Gasteiger partial charge >= 0.3 is 0 Å². The molecule has 8 nitrogen and oxygen atoms in total. The first-order valence-electron chi connectivity index (χ1n) is 8.31. The van der Waals surface area contributed by atoms with Crippen molar-refractivity contribution < 1.29 is 19.3 Å². The Hall–Kier alpha value is -3.55. The van der Waals surface area contributed by atoms with Crippen LogP contribution >= 0.6 is 0 Å². The van der Waals surface area contributed by atoms with Crippen LogP contribution in [0.15, 0.2) is 48.5 Å². The van der Waals surface area contributed by atoms with Gasteiger partial charge in [0.2, 0.25) is 5.91 Å². The number of hydrogen-bond acceptors (Lipinski definition) is 5. The molecule has 3 amide bonds. The average Bonchev–Trinajstić information content (AvgIpc) is 2.91. The highest BCUT2D eigenvalue weighted by molar-refractivity contribution is 6.23. The van der Waals surface area contributed by atoms with E-state index < -0.39 is 22.4 Å². The van der Waals surface area contributed by atoms with Gasteiger partial charge in [-0.25, -0.2) is 0 Å². The van der Waals surface area contributed by atoms with E-state index >= 15 is 0 Å². The van der Waals surface area contributed by atoms with Crippen molar-refractivity contribution in [1.82, 2.24) is 9.80 Å². The molecule has 0 spiro atoms. The molecule has 0 radical (unpaired) electrons. The lowest BCUT2D eigenvalue weighted by Crippen LogP contribution is -2.35. The first kappa shape index (κ1) is 18.2. The molecule has 0 fully saturated rings. The lowest BCUT2D eigenvalue weighted by atomic mass is 10.1. The van der Waals surface area contributed by atoms with Crippen molar-refractivity contribution in [2.75, 3.05) is 13.6 Å². The number of benzene rings is 2. The standard InChI is InChI=1S/C19H17N3O5/c1-20(12-13-6-3-2-4-7-13)16(23)10-11-21-18(24)14-8-5-9-15(22(26)27)17(14)19(21)25/h2-9H,10-12H2,1H3. The highest BCUT2D eigenvalue weighted by Gasteiger charge is 2.40. The van der Waals surface area contributed by atoms with E-state index in [1.807, 2.05) is 30.3 Å². The van der Waals surface area contributed by atoms with Crippen molar-refractivity contribution in [3.63, 3.8) is 0 Å². The summed E-state index contributed by atoms with van der Waals surface area (Å²) in [5.41, 5.74) is 0.349. The Kier molecular flexibility index (Phi) is 4.98. The molecule has 0 N–H and O–H groups in total. The molecule has 2 aromatic carbocycles. The molecule has 0 atom stereocenters. The Morgan fingerprint density at radius 1 is 1.07 bits per heavy atom. The smallest absolute Gasteiger partial charge is 0.282 e. The predicted molar refractivity (Wildman–Crippen MR) is 96.0 cm³/mol. The molecule has 0 aliphatic carbocycles. The van der Waals surface area contributed by atoms with Crippen LogP contribution in [0.25, 0.3) is 0 Å². The molecule has 8 heteroatoms. The van der Waals surface area contributed by atoms with E-state index in [1.54, 1.807) is 7.05 Å². The second-order valence-electron chi connectivity index (χ2n) is 6.20. The first-order valence-corrected chi connectivity index (χ1v) is 8.31. The topological polar surface area (TPSA) is 101 Å². The molecule has 0 saturated heterocycles. The summed E-state index contributed by atoms with van der Waals surface area (Å²) in [5, 5.41) is 11.1. The summed E-state index contributed by atoms with van der Waals surface area (Å²) in [6, 6.07) is 13.4. The van der Waals surface area contributed by atoms with Crippen molar-refractivity contribution in [3.05, 3.63) is 75.3 Å². The summed E-state index contributed by atoms with van der Waals surface area (Å²) < 4.78 is 0. The number of carbonyl (C=O) groups excluding carboxylic acids is 3. The van der Waals surface area contributed by atoms with Crippen LogP contribution in [-0.2, 0) is 11.3 Å². The number of fused-ring (bicyclic) bond motifs is 1. The maximum atomic E-state index is 12.5. The number of amides is 3. The van der Waals surface area contributed by atoms with E-state index in [1.165, 1.54) is 23.1 Å². The van der Waals surface area contributed by atoms with Crippen LogP contribution in [0.2, 0.25) is 0 Å². The lowest BCUT2D eigenvalue weighted by Gasteiger charge is -2.19. The van der Waals surface area contributed by atoms with Gasteiger partial charge < -0.3 is 4.90 Å². The molecule has 1 aliphatic heterocycles. The van der Waals surface area contributed by atoms with Crippen molar-refractivity contribution >= 4 is 23.4 Å². The molecule has 0 aromatic heterocycles.